The van der Waals surface area contributed by atoms with E-state index in [1.807, 2.05) is 30.3 Å². The van der Waals surface area contributed by atoms with Crippen LogP contribution in [0.1, 0.15) is 24.8 Å². The van der Waals surface area contributed by atoms with Crippen molar-refractivity contribution in [3.05, 3.63) is 35.9 Å². The van der Waals surface area contributed by atoms with E-state index < -0.39 is 15.1 Å². The van der Waals surface area contributed by atoms with Gasteiger partial charge < -0.3 is 10.1 Å². The van der Waals surface area contributed by atoms with Gasteiger partial charge in [-0.1, -0.05) is 30.3 Å². The molecule has 7 heteroatoms. The molecule has 2 rings (SSSR count). The molecule has 21 heavy (non-hydrogen) atoms. The zero-order valence-corrected chi connectivity index (χ0v) is 13.1. The van der Waals surface area contributed by atoms with Crippen molar-refractivity contribution < 1.29 is 17.9 Å². The second-order valence-electron chi connectivity index (χ2n) is 5.29. The van der Waals surface area contributed by atoms with Gasteiger partial charge in [0.15, 0.2) is 0 Å². The molecule has 1 saturated carbocycles. The van der Waals surface area contributed by atoms with Crippen molar-refractivity contribution in [3.63, 3.8) is 0 Å². The summed E-state index contributed by atoms with van der Waals surface area (Å²) in [7, 11) is 1.77. The predicted octanol–water partition coefficient (Wildman–Crippen LogP) is 2.65. The van der Waals surface area contributed by atoms with Gasteiger partial charge in [0, 0.05) is 16.7 Å². The minimum absolute atomic E-state index is 0.00641. The van der Waals surface area contributed by atoms with Crippen LogP contribution < -0.4 is 5.32 Å². The van der Waals surface area contributed by atoms with Crippen LogP contribution in [0.5, 0.6) is 0 Å². The monoisotopic (exact) mass is 331 g/mol. The number of ether oxygens (including phenoxy) is 1. The average molecular weight is 332 g/mol. The Balaban J connectivity index is 1.72. The number of nitrogens with one attached hydrogen (secondary N) is 1. The first-order chi connectivity index (χ1) is 9.92. The van der Waals surface area contributed by atoms with Crippen LogP contribution in [0.3, 0.4) is 0 Å². The fraction of sp³-hybridized carbons (Fsp3) is 0.500. The largest absolute Gasteiger partial charge is 0.445 e. The van der Waals surface area contributed by atoms with E-state index in [9.17, 15) is 13.2 Å². The second kappa shape index (κ2) is 7.13. The normalized spacial score (nSPS) is 22.0. The van der Waals surface area contributed by atoms with Crippen molar-refractivity contribution in [1.29, 1.82) is 0 Å². The molecule has 1 fully saturated rings. The van der Waals surface area contributed by atoms with Crippen LogP contribution >= 0.6 is 10.7 Å². The van der Waals surface area contributed by atoms with E-state index in [1.54, 1.807) is 0 Å². The molecule has 116 valence electrons. The van der Waals surface area contributed by atoms with Gasteiger partial charge in [-0.25, -0.2) is 13.2 Å². The van der Waals surface area contributed by atoms with Crippen LogP contribution in [0.25, 0.3) is 0 Å². The smallest absolute Gasteiger partial charge is 0.407 e. The lowest BCUT2D eigenvalue weighted by Crippen LogP contribution is -2.33. The summed E-state index contributed by atoms with van der Waals surface area (Å²) in [6.45, 7) is 0.221. The molecule has 5 nitrogen and oxygen atoms in total. The standard InChI is InChI=1S/C14H18ClNO4S/c15-21(18,19)10-12-6-7-13(8-12)16-14(17)20-9-11-4-2-1-3-5-11/h1-5,12-13H,6-10H2,(H,16,17)/t12-,13-/m0/s1. The van der Waals surface area contributed by atoms with Gasteiger partial charge in [0.05, 0.1) is 5.75 Å². The predicted molar refractivity (Wildman–Crippen MR) is 80.5 cm³/mol. The van der Waals surface area contributed by atoms with E-state index in [0.717, 1.165) is 18.4 Å². The molecule has 0 aliphatic heterocycles. The van der Waals surface area contributed by atoms with Crippen LogP contribution in [0.15, 0.2) is 30.3 Å². The molecule has 1 amide bonds. The lowest BCUT2D eigenvalue weighted by atomic mass is 10.1. The van der Waals surface area contributed by atoms with Crippen molar-refractivity contribution in [1.82, 2.24) is 5.32 Å². The molecule has 0 bridgehead atoms. The van der Waals surface area contributed by atoms with Gasteiger partial charge >= 0.3 is 6.09 Å². The topological polar surface area (TPSA) is 72.5 Å². The minimum Gasteiger partial charge on any atom is -0.445 e. The van der Waals surface area contributed by atoms with Crippen molar-refractivity contribution in [2.24, 2.45) is 5.92 Å². The highest BCUT2D eigenvalue weighted by Gasteiger charge is 2.29. The molecule has 1 N–H and O–H groups in total. The fourth-order valence-electron chi connectivity index (χ4n) is 2.57. The summed E-state index contributed by atoms with van der Waals surface area (Å²) in [6.07, 6.45) is 1.64. The third kappa shape index (κ3) is 5.93. The highest BCUT2D eigenvalue weighted by Crippen LogP contribution is 2.27. The van der Waals surface area contributed by atoms with Gasteiger partial charge in [-0.3, -0.25) is 0 Å². The summed E-state index contributed by atoms with van der Waals surface area (Å²) in [5.74, 6) is -0.0295. The van der Waals surface area contributed by atoms with Crippen molar-refractivity contribution in [3.8, 4) is 0 Å². The lowest BCUT2D eigenvalue weighted by molar-refractivity contribution is 0.135. The molecule has 1 aliphatic rings. The summed E-state index contributed by atoms with van der Waals surface area (Å²) in [4.78, 5) is 11.7. The van der Waals surface area contributed by atoms with E-state index in [2.05, 4.69) is 5.32 Å². The number of halogens is 1. The van der Waals surface area contributed by atoms with E-state index in [-0.39, 0.29) is 24.3 Å². The minimum atomic E-state index is -3.48. The number of benzene rings is 1. The van der Waals surface area contributed by atoms with Crippen LogP contribution in [0.2, 0.25) is 0 Å². The number of amides is 1. The van der Waals surface area contributed by atoms with Crippen LogP contribution in [-0.2, 0) is 20.4 Å². The molecule has 0 saturated heterocycles. The van der Waals surface area contributed by atoms with Gasteiger partial charge in [-0.15, -0.1) is 0 Å². The number of hydrogen-bond donors (Lipinski definition) is 1. The Labute approximate surface area is 129 Å². The fourth-order valence-corrected chi connectivity index (χ4v) is 3.97. The van der Waals surface area contributed by atoms with Crippen molar-refractivity contribution in [2.75, 3.05) is 5.75 Å². The molecule has 0 radical (unpaired) electrons. The van der Waals surface area contributed by atoms with Gasteiger partial charge in [-0.2, -0.15) is 0 Å². The summed E-state index contributed by atoms with van der Waals surface area (Å²) in [5, 5.41) is 2.77. The first-order valence-corrected chi connectivity index (χ1v) is 9.30. The molecular weight excluding hydrogens is 314 g/mol. The van der Waals surface area contributed by atoms with Crippen molar-refractivity contribution in [2.45, 2.75) is 31.9 Å². The number of alkyl carbamates (subject to hydrolysis) is 1. The third-order valence-electron chi connectivity index (χ3n) is 3.51. The Bertz CT molecular complexity index is 576. The molecular formula is C14H18ClNO4S. The number of hydrogen-bond acceptors (Lipinski definition) is 4. The number of carbonyl (C=O) groups is 1. The second-order valence-corrected chi connectivity index (χ2v) is 8.11. The number of rotatable bonds is 5. The SMILES string of the molecule is O=C(N[C@H]1CC[C@H](CS(=O)(=O)Cl)C1)OCc1ccccc1. The molecule has 1 aromatic rings. The maximum atomic E-state index is 11.7. The Morgan fingerprint density at radius 3 is 2.67 bits per heavy atom. The lowest BCUT2D eigenvalue weighted by Gasteiger charge is -2.13. The molecule has 1 aliphatic carbocycles. The summed E-state index contributed by atoms with van der Waals surface area (Å²) < 4.78 is 27.2. The first kappa shape index (κ1) is 16.1. The molecule has 2 atom stereocenters. The molecule has 0 spiro atoms. The van der Waals surface area contributed by atoms with Gasteiger partial charge in [0.2, 0.25) is 9.05 Å². The maximum absolute atomic E-state index is 11.7. The Kier molecular flexibility index (Phi) is 5.47. The Morgan fingerprint density at radius 1 is 1.29 bits per heavy atom. The Morgan fingerprint density at radius 2 is 2.00 bits per heavy atom. The molecule has 0 aromatic heterocycles. The van der Waals surface area contributed by atoms with Crippen LogP contribution in [0, 0.1) is 5.92 Å². The molecule has 0 unspecified atom stereocenters. The highest BCUT2D eigenvalue weighted by atomic mass is 35.7. The summed E-state index contributed by atoms with van der Waals surface area (Å²) >= 11 is 0. The number of carbonyl (C=O) groups excluding carboxylic acids is 1. The van der Waals surface area contributed by atoms with E-state index in [1.165, 1.54) is 0 Å². The van der Waals surface area contributed by atoms with Gasteiger partial charge in [0.1, 0.15) is 6.61 Å². The zero-order valence-electron chi connectivity index (χ0n) is 11.5. The quantitative estimate of drug-likeness (QED) is 0.842. The summed E-state index contributed by atoms with van der Waals surface area (Å²) in [6, 6.07) is 9.37. The van der Waals surface area contributed by atoms with Gasteiger partial charge in [-0.05, 0) is 30.7 Å². The molecule has 0 heterocycles. The average Bonchev–Trinajstić information content (AvgIpc) is 2.82. The van der Waals surface area contributed by atoms with Crippen molar-refractivity contribution >= 4 is 25.8 Å². The van der Waals surface area contributed by atoms with E-state index in [0.29, 0.717) is 6.42 Å². The molecule has 1 aromatic carbocycles. The third-order valence-corrected chi connectivity index (χ3v) is 4.76. The van der Waals surface area contributed by atoms with E-state index in [4.69, 9.17) is 15.4 Å². The Hall–Kier alpha value is -1.27. The highest BCUT2D eigenvalue weighted by molar-refractivity contribution is 8.13. The van der Waals surface area contributed by atoms with Gasteiger partial charge in [0.25, 0.3) is 0 Å². The van der Waals surface area contributed by atoms with Crippen LogP contribution in [0.4, 0.5) is 4.79 Å². The summed E-state index contributed by atoms with van der Waals surface area (Å²) in [5.41, 5.74) is 0.921. The van der Waals surface area contributed by atoms with E-state index >= 15 is 0 Å². The van der Waals surface area contributed by atoms with Crippen LogP contribution in [-0.4, -0.2) is 26.3 Å². The first-order valence-electron chi connectivity index (χ1n) is 6.82. The maximum Gasteiger partial charge on any atom is 0.407 e. The zero-order chi connectivity index (χ0) is 15.3.